The van der Waals surface area contributed by atoms with Gasteiger partial charge >= 0.3 is 23.9 Å². The van der Waals surface area contributed by atoms with Crippen molar-refractivity contribution >= 4 is 23.9 Å². The molecule has 0 amide bonds. The summed E-state index contributed by atoms with van der Waals surface area (Å²) in [5.74, 6) is -5.14. The minimum absolute atomic E-state index is 0.000667. The topological polar surface area (TPSA) is 133 Å². The summed E-state index contributed by atoms with van der Waals surface area (Å²) in [7, 11) is 0. The fourth-order valence-electron chi connectivity index (χ4n) is 5.25. The fourth-order valence-corrected chi connectivity index (χ4v) is 5.25. The monoisotopic (exact) mass is 638 g/mol. The molecule has 2 fully saturated rings. The lowest BCUT2D eigenvalue weighted by Gasteiger charge is -2.41. The molecule has 11 nitrogen and oxygen atoms in total. The lowest BCUT2D eigenvalue weighted by molar-refractivity contribution is -0.382. The van der Waals surface area contributed by atoms with Crippen LogP contribution in [0.4, 0.5) is 0 Å². The molecule has 240 valence electrons. The average Bonchev–Trinajstić information content (AvgIpc) is 3.40. The number of hydrogen-bond donors (Lipinski definition) is 0. The summed E-state index contributed by atoms with van der Waals surface area (Å²) in [6.45, 7) is -0.516. The van der Waals surface area contributed by atoms with Crippen molar-refractivity contribution in [1.29, 1.82) is 0 Å². The van der Waals surface area contributed by atoms with Crippen molar-refractivity contribution in [3.05, 3.63) is 144 Å². The van der Waals surface area contributed by atoms with E-state index in [2.05, 4.69) is 0 Å². The zero-order valence-corrected chi connectivity index (χ0v) is 25.0. The Morgan fingerprint density at radius 2 is 1.02 bits per heavy atom. The van der Waals surface area contributed by atoms with Crippen molar-refractivity contribution in [3.8, 4) is 0 Å². The molecular formula is C36H30O11. The Morgan fingerprint density at radius 1 is 0.574 bits per heavy atom. The molecule has 0 unspecified atom stereocenters. The molecule has 4 aromatic carbocycles. The third-order valence-electron chi connectivity index (χ3n) is 7.51. The van der Waals surface area contributed by atoms with Crippen LogP contribution in [0.5, 0.6) is 0 Å². The van der Waals surface area contributed by atoms with Gasteiger partial charge in [-0.25, -0.2) is 19.2 Å². The smallest absolute Gasteiger partial charge is 0.340 e. The van der Waals surface area contributed by atoms with E-state index in [0.717, 1.165) is 0 Å². The second kappa shape index (κ2) is 14.4. The van der Waals surface area contributed by atoms with Gasteiger partial charge in [-0.1, -0.05) is 72.8 Å². The second-order valence-corrected chi connectivity index (χ2v) is 10.6. The highest BCUT2D eigenvalue weighted by Gasteiger charge is 2.67. The molecule has 11 heteroatoms. The van der Waals surface area contributed by atoms with E-state index >= 15 is 0 Å². The van der Waals surface area contributed by atoms with Crippen LogP contribution in [0.1, 0.15) is 41.4 Å². The fraction of sp³-hybridized carbons (Fsp3) is 0.222. The molecule has 2 aliphatic heterocycles. The van der Waals surface area contributed by atoms with Crippen LogP contribution in [0.15, 0.2) is 121 Å². The van der Waals surface area contributed by atoms with Crippen LogP contribution in [-0.2, 0) is 33.2 Å². The van der Waals surface area contributed by atoms with Crippen LogP contribution in [0.3, 0.4) is 0 Å². The first-order valence-electron chi connectivity index (χ1n) is 14.9. The van der Waals surface area contributed by atoms with E-state index in [-0.39, 0.29) is 35.5 Å². The van der Waals surface area contributed by atoms with Crippen LogP contribution in [0.2, 0.25) is 0 Å². The Kier molecular flexibility index (Phi) is 9.67. The van der Waals surface area contributed by atoms with Gasteiger partial charge in [0.05, 0.1) is 35.5 Å². The molecule has 2 heterocycles. The highest BCUT2D eigenvalue weighted by Crippen LogP contribution is 2.43. The molecule has 2 aliphatic rings. The Bertz CT molecular complexity index is 1680. The predicted molar refractivity (Wildman–Crippen MR) is 163 cm³/mol. The maximum atomic E-state index is 13.5. The van der Waals surface area contributed by atoms with E-state index < -0.39 is 60.9 Å². The Balaban J connectivity index is 1.37. The van der Waals surface area contributed by atoms with Gasteiger partial charge in [0.25, 0.3) is 12.1 Å². The largest absolute Gasteiger partial charge is 0.459 e. The third kappa shape index (κ3) is 7.07. The van der Waals surface area contributed by atoms with Crippen LogP contribution in [0.25, 0.3) is 0 Å². The normalized spacial score (nSPS) is 23.4. The van der Waals surface area contributed by atoms with Gasteiger partial charge in [0.1, 0.15) is 12.7 Å². The van der Waals surface area contributed by atoms with Crippen LogP contribution in [-0.4, -0.2) is 74.1 Å². The Labute approximate surface area is 269 Å². The van der Waals surface area contributed by atoms with Gasteiger partial charge in [-0.15, -0.1) is 0 Å². The summed E-state index contributed by atoms with van der Waals surface area (Å²) in [4.78, 5) is 53.1. The highest BCUT2D eigenvalue weighted by molar-refractivity contribution is 5.91. The molecule has 0 bridgehead atoms. The third-order valence-corrected chi connectivity index (χ3v) is 7.51. The van der Waals surface area contributed by atoms with Gasteiger partial charge in [-0.05, 0) is 48.5 Å². The van der Waals surface area contributed by atoms with E-state index in [1.54, 1.807) is 121 Å². The van der Waals surface area contributed by atoms with Crippen LogP contribution < -0.4 is 0 Å². The Hall–Kier alpha value is -5.36. The minimum atomic E-state index is -2.13. The predicted octanol–water partition coefficient (Wildman–Crippen LogP) is 4.62. The highest BCUT2D eigenvalue weighted by atomic mass is 16.8. The van der Waals surface area contributed by atoms with Gasteiger partial charge in [0.15, 0.2) is 6.10 Å². The summed E-state index contributed by atoms with van der Waals surface area (Å²) in [6.07, 6.45) is -5.83. The number of esters is 4. The molecule has 47 heavy (non-hydrogen) atoms. The summed E-state index contributed by atoms with van der Waals surface area (Å²) in [6, 6.07) is 32.7. The standard InChI is InChI=1S/C36H30O11/c37-31(24-13-5-1-6-14-24)42-23-28-29(44-32(38)25-15-7-2-8-16-25)30(45-33(39)26-17-9-3-10-18-26)36(47-28)35(41-21-22-43-36)46-34(40)27-19-11-4-12-20-27/h1-20,28-30,35H,21-23H2/t28-,29-,30+,35-,36-/m1/s1. The first-order valence-corrected chi connectivity index (χ1v) is 14.9. The SMILES string of the molecule is O=C(OC[C@H]1O[C@]2(OCCO[C@@H]2OC(=O)c2ccccc2)[C@@H](OC(=O)c2ccccc2)[C@@H]1OC(=O)c1ccccc1)c1ccccc1. The van der Waals surface area contributed by atoms with E-state index in [1.807, 2.05) is 0 Å². The summed E-state index contributed by atoms with van der Waals surface area (Å²) in [5, 5.41) is 0. The van der Waals surface area contributed by atoms with Gasteiger partial charge in [0, 0.05) is 0 Å². The van der Waals surface area contributed by atoms with E-state index in [4.69, 9.17) is 33.2 Å². The van der Waals surface area contributed by atoms with E-state index in [9.17, 15) is 19.2 Å². The van der Waals surface area contributed by atoms with Crippen molar-refractivity contribution in [2.45, 2.75) is 30.4 Å². The molecule has 5 atom stereocenters. The zero-order valence-electron chi connectivity index (χ0n) is 25.0. The quantitative estimate of drug-likeness (QED) is 0.188. The van der Waals surface area contributed by atoms with E-state index in [1.165, 1.54) is 0 Å². The summed E-state index contributed by atoms with van der Waals surface area (Å²) >= 11 is 0. The molecular weight excluding hydrogens is 608 g/mol. The van der Waals surface area contributed by atoms with Gasteiger partial charge in [0.2, 0.25) is 6.10 Å². The number of benzene rings is 4. The van der Waals surface area contributed by atoms with Crippen molar-refractivity contribution < 1.29 is 52.3 Å². The van der Waals surface area contributed by atoms with Gasteiger partial charge < -0.3 is 33.2 Å². The number of hydrogen-bond acceptors (Lipinski definition) is 11. The van der Waals surface area contributed by atoms with Crippen molar-refractivity contribution in [2.75, 3.05) is 19.8 Å². The molecule has 4 aromatic rings. The number of rotatable bonds is 9. The molecule has 1 spiro atoms. The number of carbonyl (C=O) groups excluding carboxylic acids is 4. The van der Waals surface area contributed by atoms with Gasteiger partial charge in [-0.3, -0.25) is 0 Å². The van der Waals surface area contributed by atoms with Gasteiger partial charge in [-0.2, -0.15) is 0 Å². The minimum Gasteiger partial charge on any atom is -0.459 e. The van der Waals surface area contributed by atoms with Crippen LogP contribution in [0, 0.1) is 0 Å². The molecule has 0 saturated carbocycles. The first kappa shape index (κ1) is 31.6. The number of ether oxygens (including phenoxy) is 7. The average molecular weight is 639 g/mol. The molecule has 0 aliphatic carbocycles. The molecule has 6 rings (SSSR count). The summed E-state index contributed by atoms with van der Waals surface area (Å²) < 4.78 is 41.7. The van der Waals surface area contributed by atoms with Crippen LogP contribution >= 0.6 is 0 Å². The molecule has 0 N–H and O–H groups in total. The Morgan fingerprint density at radius 3 is 1.53 bits per heavy atom. The molecule has 0 aromatic heterocycles. The van der Waals surface area contributed by atoms with E-state index in [0.29, 0.717) is 0 Å². The lowest BCUT2D eigenvalue weighted by atomic mass is 10.0. The summed E-state index contributed by atoms with van der Waals surface area (Å²) in [5.41, 5.74) is 0.879. The lowest BCUT2D eigenvalue weighted by Crippen LogP contribution is -2.61. The number of carbonyl (C=O) groups is 4. The van der Waals surface area contributed by atoms with Crippen molar-refractivity contribution in [1.82, 2.24) is 0 Å². The second-order valence-electron chi connectivity index (χ2n) is 10.6. The maximum absolute atomic E-state index is 13.5. The first-order chi connectivity index (χ1) is 22.9. The van der Waals surface area contributed by atoms with Crippen molar-refractivity contribution in [2.24, 2.45) is 0 Å². The zero-order chi connectivity index (χ0) is 32.6. The molecule has 2 saturated heterocycles. The molecule has 0 radical (unpaired) electrons. The van der Waals surface area contributed by atoms with Crippen molar-refractivity contribution in [3.63, 3.8) is 0 Å². The maximum Gasteiger partial charge on any atom is 0.340 e.